The Morgan fingerprint density at radius 1 is 0.875 bits per heavy atom. The van der Waals surface area contributed by atoms with Crippen LogP contribution in [0.1, 0.15) is 25.7 Å². The molecule has 0 atom stereocenters. The lowest BCUT2D eigenvalue weighted by Gasteiger charge is -2.28. The van der Waals surface area contributed by atoms with Gasteiger partial charge in [0.2, 0.25) is 0 Å². The standard InChI is InChI=1S/C10H16Cl2N2O2/c11-9(15)13-5-7-1-2-8(4-3-7)6-14-10(12)16/h7-8H,1-6H2,(H,13,15)(H,14,16). The molecule has 0 aromatic heterocycles. The predicted molar refractivity (Wildman–Crippen MR) is 64.0 cm³/mol. The molecule has 0 aromatic carbocycles. The lowest BCUT2D eigenvalue weighted by molar-refractivity contribution is 0.239. The van der Waals surface area contributed by atoms with Crippen LogP contribution in [0.4, 0.5) is 9.59 Å². The van der Waals surface area contributed by atoms with Crippen molar-refractivity contribution < 1.29 is 9.59 Å². The van der Waals surface area contributed by atoms with Crippen molar-refractivity contribution in [2.75, 3.05) is 13.1 Å². The summed E-state index contributed by atoms with van der Waals surface area (Å²) in [5.74, 6) is 1.01. The summed E-state index contributed by atoms with van der Waals surface area (Å²) in [6.07, 6.45) is 4.22. The average Bonchev–Trinajstić information content (AvgIpc) is 2.25. The van der Waals surface area contributed by atoms with Crippen LogP contribution in [0.3, 0.4) is 0 Å². The Morgan fingerprint density at radius 3 is 1.44 bits per heavy atom. The summed E-state index contributed by atoms with van der Waals surface area (Å²) in [7, 11) is 0. The van der Waals surface area contributed by atoms with Crippen LogP contribution < -0.4 is 10.6 Å². The Morgan fingerprint density at radius 2 is 1.19 bits per heavy atom. The van der Waals surface area contributed by atoms with Crippen LogP contribution in [0.2, 0.25) is 0 Å². The van der Waals surface area contributed by atoms with Crippen molar-refractivity contribution in [3.05, 3.63) is 0 Å². The Labute approximate surface area is 105 Å². The minimum Gasteiger partial charge on any atom is -0.342 e. The molecule has 0 heterocycles. The van der Waals surface area contributed by atoms with Crippen molar-refractivity contribution in [2.45, 2.75) is 25.7 Å². The van der Waals surface area contributed by atoms with Gasteiger partial charge in [-0.2, -0.15) is 0 Å². The molecule has 1 aliphatic carbocycles. The quantitative estimate of drug-likeness (QED) is 0.607. The van der Waals surface area contributed by atoms with Crippen LogP contribution in [0, 0.1) is 11.8 Å². The zero-order valence-electron chi connectivity index (χ0n) is 8.97. The van der Waals surface area contributed by atoms with Crippen molar-refractivity contribution in [1.82, 2.24) is 10.6 Å². The van der Waals surface area contributed by atoms with Gasteiger partial charge in [0.1, 0.15) is 0 Å². The molecule has 0 saturated heterocycles. The molecule has 2 N–H and O–H groups in total. The number of rotatable bonds is 4. The fourth-order valence-electron chi connectivity index (χ4n) is 2.09. The van der Waals surface area contributed by atoms with E-state index >= 15 is 0 Å². The third-order valence-electron chi connectivity index (χ3n) is 3.03. The second-order valence-electron chi connectivity index (χ2n) is 4.20. The van der Waals surface area contributed by atoms with Crippen LogP contribution in [0.5, 0.6) is 0 Å². The maximum atomic E-state index is 10.5. The van der Waals surface area contributed by atoms with Crippen LogP contribution in [0.15, 0.2) is 0 Å². The first-order chi connectivity index (χ1) is 7.58. The van der Waals surface area contributed by atoms with E-state index in [0.717, 1.165) is 25.7 Å². The number of nitrogens with one attached hydrogen (secondary N) is 2. The average molecular weight is 267 g/mol. The molecule has 1 aliphatic rings. The van der Waals surface area contributed by atoms with E-state index in [2.05, 4.69) is 10.6 Å². The molecule has 6 heteroatoms. The van der Waals surface area contributed by atoms with Crippen LogP contribution in [0.25, 0.3) is 0 Å². The smallest absolute Gasteiger partial charge is 0.313 e. The third-order valence-corrected chi connectivity index (χ3v) is 3.29. The van der Waals surface area contributed by atoms with E-state index < -0.39 is 10.7 Å². The number of carbonyl (C=O) groups excluding carboxylic acids is 2. The maximum absolute atomic E-state index is 10.5. The number of carbonyl (C=O) groups is 2. The molecular weight excluding hydrogens is 251 g/mol. The minimum atomic E-state index is -0.489. The number of hydrogen-bond donors (Lipinski definition) is 2. The fraction of sp³-hybridized carbons (Fsp3) is 0.800. The summed E-state index contributed by atoms with van der Waals surface area (Å²) in [6.45, 7) is 1.30. The molecule has 1 fully saturated rings. The van der Waals surface area contributed by atoms with E-state index in [1.165, 1.54) is 0 Å². The van der Waals surface area contributed by atoms with Crippen molar-refractivity contribution in [3.63, 3.8) is 0 Å². The molecule has 4 nitrogen and oxygen atoms in total. The van der Waals surface area contributed by atoms with Gasteiger partial charge >= 0.3 is 10.7 Å². The molecule has 0 radical (unpaired) electrons. The van der Waals surface area contributed by atoms with E-state index in [4.69, 9.17) is 23.2 Å². The van der Waals surface area contributed by atoms with Crippen molar-refractivity contribution in [1.29, 1.82) is 0 Å². The van der Waals surface area contributed by atoms with Gasteiger partial charge in [-0.15, -0.1) is 0 Å². The summed E-state index contributed by atoms with van der Waals surface area (Å²) in [6, 6.07) is 0. The first-order valence-corrected chi connectivity index (χ1v) is 6.20. The zero-order valence-corrected chi connectivity index (χ0v) is 10.5. The van der Waals surface area contributed by atoms with Gasteiger partial charge in [-0.25, -0.2) is 0 Å². The highest BCUT2D eigenvalue weighted by atomic mass is 35.5. The Bertz CT molecular complexity index is 227. The molecule has 0 unspecified atom stereocenters. The number of hydrogen-bond acceptors (Lipinski definition) is 2. The first-order valence-electron chi connectivity index (χ1n) is 5.44. The van der Waals surface area contributed by atoms with Crippen LogP contribution in [-0.4, -0.2) is 23.8 Å². The molecule has 1 rings (SSSR count). The highest BCUT2D eigenvalue weighted by molar-refractivity contribution is 6.63. The van der Waals surface area contributed by atoms with Crippen LogP contribution in [-0.2, 0) is 0 Å². The molecule has 2 amide bonds. The van der Waals surface area contributed by atoms with E-state index in [9.17, 15) is 9.59 Å². The van der Waals surface area contributed by atoms with Gasteiger partial charge < -0.3 is 10.6 Å². The van der Waals surface area contributed by atoms with Crippen molar-refractivity contribution in [3.8, 4) is 0 Å². The summed E-state index contributed by atoms with van der Waals surface area (Å²) in [5.41, 5.74) is 0. The molecule has 0 aliphatic heterocycles. The fourth-order valence-corrected chi connectivity index (χ4v) is 2.24. The Kier molecular flexibility index (Phi) is 5.91. The van der Waals surface area contributed by atoms with E-state index in [-0.39, 0.29) is 0 Å². The summed E-state index contributed by atoms with van der Waals surface area (Å²) >= 11 is 10.4. The Hall–Kier alpha value is -0.480. The van der Waals surface area contributed by atoms with Gasteiger partial charge in [0.05, 0.1) is 0 Å². The topological polar surface area (TPSA) is 58.2 Å². The van der Waals surface area contributed by atoms with E-state index in [1.54, 1.807) is 0 Å². The van der Waals surface area contributed by atoms with E-state index in [0.29, 0.717) is 24.9 Å². The zero-order chi connectivity index (χ0) is 12.0. The van der Waals surface area contributed by atoms with Gasteiger partial charge in [-0.05, 0) is 60.7 Å². The van der Waals surface area contributed by atoms with Gasteiger partial charge in [-0.3, -0.25) is 9.59 Å². The number of amides is 2. The highest BCUT2D eigenvalue weighted by Gasteiger charge is 2.21. The molecule has 0 bridgehead atoms. The van der Waals surface area contributed by atoms with Crippen molar-refractivity contribution >= 4 is 33.9 Å². The molecule has 92 valence electrons. The van der Waals surface area contributed by atoms with Gasteiger partial charge in [0.25, 0.3) is 0 Å². The molecule has 16 heavy (non-hydrogen) atoms. The predicted octanol–water partition coefficient (Wildman–Crippen LogP) is 2.69. The summed E-state index contributed by atoms with van der Waals surface area (Å²) in [4.78, 5) is 21.0. The van der Waals surface area contributed by atoms with Gasteiger partial charge in [0.15, 0.2) is 0 Å². The van der Waals surface area contributed by atoms with Gasteiger partial charge in [-0.1, -0.05) is 0 Å². The summed E-state index contributed by atoms with van der Waals surface area (Å²) in [5, 5.41) is 4.25. The second-order valence-corrected chi connectivity index (χ2v) is 4.88. The van der Waals surface area contributed by atoms with Crippen LogP contribution >= 0.6 is 23.2 Å². The molecular formula is C10H16Cl2N2O2. The minimum absolute atomic E-state index is 0.489. The first kappa shape index (κ1) is 13.6. The molecule has 1 saturated carbocycles. The monoisotopic (exact) mass is 266 g/mol. The largest absolute Gasteiger partial charge is 0.342 e. The van der Waals surface area contributed by atoms with Gasteiger partial charge in [0, 0.05) is 13.1 Å². The van der Waals surface area contributed by atoms with Crippen molar-refractivity contribution in [2.24, 2.45) is 11.8 Å². The Balaban J connectivity index is 2.13. The normalized spacial score (nSPS) is 24.9. The maximum Gasteiger partial charge on any atom is 0.313 e. The highest BCUT2D eigenvalue weighted by Crippen LogP contribution is 2.27. The lowest BCUT2D eigenvalue weighted by atomic mass is 9.82. The van der Waals surface area contributed by atoms with E-state index in [1.807, 2.05) is 0 Å². The third kappa shape index (κ3) is 5.56. The molecule has 0 spiro atoms. The molecule has 0 aromatic rings. The lowest BCUT2D eigenvalue weighted by Crippen LogP contribution is -2.31. The summed E-state index contributed by atoms with van der Waals surface area (Å²) < 4.78 is 0. The second kappa shape index (κ2) is 6.97. The number of halogens is 2. The SMILES string of the molecule is O=C(Cl)NCC1CCC(CNC(=O)Cl)CC1.